The number of nitrogens with two attached hydrogens (primary N) is 1. The van der Waals surface area contributed by atoms with Gasteiger partial charge in [-0.2, -0.15) is 0 Å². The zero-order valence-electron chi connectivity index (χ0n) is 10.8. The summed E-state index contributed by atoms with van der Waals surface area (Å²) in [5, 5.41) is 3.62. The Morgan fingerprint density at radius 2 is 2.11 bits per heavy atom. The summed E-state index contributed by atoms with van der Waals surface area (Å²) in [5.41, 5.74) is 9.77. The van der Waals surface area contributed by atoms with Gasteiger partial charge in [-0.1, -0.05) is 18.2 Å². The van der Waals surface area contributed by atoms with Gasteiger partial charge in [0.2, 0.25) is 0 Å². The smallest absolute Gasteiger partial charge is 0.258 e. The third kappa shape index (κ3) is 2.12. The van der Waals surface area contributed by atoms with E-state index in [1.54, 1.807) is 11.3 Å². The fourth-order valence-electron chi connectivity index (χ4n) is 2.57. The minimum Gasteiger partial charge on any atom is -0.390 e. The van der Waals surface area contributed by atoms with Crippen molar-refractivity contribution in [2.75, 3.05) is 11.1 Å². The number of nitrogen functional groups attached to an aromatic ring is 1. The number of anilines is 2. The maximum absolute atomic E-state index is 12.4. The number of rotatable bonds is 2. The first kappa shape index (κ1) is 12.2. The van der Waals surface area contributed by atoms with Crippen LogP contribution in [0.25, 0.3) is 0 Å². The predicted molar refractivity (Wildman–Crippen MR) is 79.9 cm³/mol. The molecule has 0 saturated heterocycles. The van der Waals surface area contributed by atoms with Crippen LogP contribution in [-0.2, 0) is 12.8 Å². The van der Waals surface area contributed by atoms with Crippen LogP contribution in [0.2, 0.25) is 0 Å². The summed E-state index contributed by atoms with van der Waals surface area (Å²) in [6, 6.07) is 7.78. The first-order valence-corrected chi connectivity index (χ1v) is 7.25. The number of nitrogens with one attached hydrogen (secondary N) is 1. The summed E-state index contributed by atoms with van der Waals surface area (Å²) in [4.78, 5) is 13.7. The molecular formula is C15H16N2OS. The molecule has 0 aliphatic heterocycles. The highest BCUT2D eigenvalue weighted by molar-refractivity contribution is 7.16. The van der Waals surface area contributed by atoms with Crippen molar-refractivity contribution in [1.29, 1.82) is 0 Å². The molecule has 0 unspecified atom stereocenters. The monoisotopic (exact) mass is 272 g/mol. The minimum absolute atomic E-state index is 0.0776. The van der Waals surface area contributed by atoms with E-state index >= 15 is 0 Å². The number of fused-ring (bicyclic) bond motifs is 1. The highest BCUT2D eigenvalue weighted by atomic mass is 32.1. The van der Waals surface area contributed by atoms with Crippen LogP contribution in [0.4, 0.5) is 10.7 Å². The van der Waals surface area contributed by atoms with Gasteiger partial charge in [0.05, 0.1) is 10.6 Å². The second-order valence-corrected chi connectivity index (χ2v) is 6.00. The molecule has 1 aromatic heterocycles. The van der Waals surface area contributed by atoms with Crippen molar-refractivity contribution >= 4 is 27.9 Å². The van der Waals surface area contributed by atoms with Crippen LogP contribution in [0.1, 0.15) is 32.8 Å². The first-order valence-electron chi connectivity index (χ1n) is 6.44. The van der Waals surface area contributed by atoms with E-state index < -0.39 is 0 Å². The van der Waals surface area contributed by atoms with Crippen molar-refractivity contribution in [3.8, 4) is 0 Å². The van der Waals surface area contributed by atoms with Crippen LogP contribution in [-0.4, -0.2) is 5.91 Å². The van der Waals surface area contributed by atoms with E-state index in [0.29, 0.717) is 10.6 Å². The van der Waals surface area contributed by atoms with Crippen molar-refractivity contribution in [2.24, 2.45) is 0 Å². The van der Waals surface area contributed by atoms with Crippen LogP contribution in [0.5, 0.6) is 0 Å². The molecule has 0 atom stereocenters. The molecule has 1 heterocycles. The van der Waals surface area contributed by atoms with Crippen LogP contribution >= 0.6 is 11.3 Å². The molecule has 1 amide bonds. The molecule has 0 fully saturated rings. The van der Waals surface area contributed by atoms with E-state index in [9.17, 15) is 4.79 Å². The Balaban J connectivity index is 1.91. The van der Waals surface area contributed by atoms with Crippen molar-refractivity contribution in [3.63, 3.8) is 0 Å². The fourth-order valence-corrected chi connectivity index (χ4v) is 3.73. The lowest BCUT2D eigenvalue weighted by atomic mass is 10.1. The van der Waals surface area contributed by atoms with Gasteiger partial charge >= 0.3 is 0 Å². The summed E-state index contributed by atoms with van der Waals surface area (Å²) in [6.45, 7) is 1.98. The highest BCUT2D eigenvalue weighted by Gasteiger charge is 2.25. The second kappa shape index (κ2) is 4.70. The molecule has 0 spiro atoms. The second-order valence-electron chi connectivity index (χ2n) is 4.87. The lowest BCUT2D eigenvalue weighted by molar-refractivity contribution is 0.102. The van der Waals surface area contributed by atoms with Gasteiger partial charge in [0, 0.05) is 10.6 Å². The molecular weight excluding hydrogens is 256 g/mol. The number of aryl methyl sites for hydroxylation is 2. The van der Waals surface area contributed by atoms with E-state index in [4.69, 9.17) is 5.73 Å². The molecule has 4 heteroatoms. The number of benzene rings is 1. The number of para-hydroxylation sites is 1. The van der Waals surface area contributed by atoms with Crippen LogP contribution < -0.4 is 11.1 Å². The van der Waals surface area contributed by atoms with Crippen LogP contribution in [0, 0.1) is 6.92 Å². The van der Waals surface area contributed by atoms with Crippen LogP contribution in [0.3, 0.4) is 0 Å². The Bertz CT molecular complexity index is 646. The maximum atomic E-state index is 12.4. The summed E-state index contributed by atoms with van der Waals surface area (Å²) in [5.74, 6) is -0.0776. The molecule has 3 rings (SSSR count). The summed E-state index contributed by atoms with van der Waals surface area (Å²) >= 11 is 1.56. The lowest BCUT2D eigenvalue weighted by Crippen LogP contribution is -2.15. The largest absolute Gasteiger partial charge is 0.390 e. The molecule has 1 aliphatic carbocycles. The molecule has 0 saturated carbocycles. The Labute approximate surface area is 116 Å². The Morgan fingerprint density at radius 1 is 1.32 bits per heavy atom. The average molecular weight is 272 g/mol. The van der Waals surface area contributed by atoms with Gasteiger partial charge in [0.1, 0.15) is 0 Å². The fraction of sp³-hybridized carbons (Fsp3) is 0.267. The molecule has 3 N–H and O–H groups in total. The molecule has 0 bridgehead atoms. The van der Waals surface area contributed by atoms with Crippen molar-refractivity contribution < 1.29 is 4.79 Å². The Kier molecular flexibility index (Phi) is 3.03. The summed E-state index contributed by atoms with van der Waals surface area (Å²) < 4.78 is 0. The van der Waals surface area contributed by atoms with Gasteiger partial charge in [0.25, 0.3) is 5.91 Å². The third-order valence-electron chi connectivity index (χ3n) is 3.57. The standard InChI is InChI=1S/C15H16N2OS/c1-9-5-2-3-7-11(9)17-15(18)13-10-6-4-8-12(10)19-14(13)16/h2-3,5,7H,4,6,8,16H2,1H3,(H,17,18). The molecule has 98 valence electrons. The number of hydrogen-bond donors (Lipinski definition) is 2. The summed E-state index contributed by atoms with van der Waals surface area (Å²) in [7, 11) is 0. The van der Waals surface area contributed by atoms with Gasteiger partial charge in [-0.15, -0.1) is 11.3 Å². The minimum atomic E-state index is -0.0776. The van der Waals surface area contributed by atoms with Gasteiger partial charge in [0.15, 0.2) is 0 Å². The maximum Gasteiger partial charge on any atom is 0.258 e. The third-order valence-corrected chi connectivity index (χ3v) is 4.69. The van der Waals surface area contributed by atoms with Crippen LogP contribution in [0.15, 0.2) is 24.3 Å². The predicted octanol–water partition coefficient (Wildman–Crippen LogP) is 3.38. The zero-order valence-corrected chi connectivity index (χ0v) is 11.6. The van der Waals surface area contributed by atoms with Crippen molar-refractivity contribution in [1.82, 2.24) is 0 Å². The zero-order chi connectivity index (χ0) is 13.4. The normalized spacial score (nSPS) is 13.3. The Hall–Kier alpha value is -1.81. The van der Waals surface area contributed by atoms with Gasteiger partial charge in [-0.25, -0.2) is 0 Å². The number of carbonyl (C=O) groups excluding carboxylic acids is 1. The topological polar surface area (TPSA) is 55.1 Å². The molecule has 0 radical (unpaired) electrons. The quantitative estimate of drug-likeness (QED) is 0.880. The van der Waals surface area contributed by atoms with Gasteiger partial charge < -0.3 is 11.1 Å². The van der Waals surface area contributed by atoms with E-state index in [0.717, 1.165) is 36.1 Å². The molecule has 2 aromatic rings. The molecule has 1 aliphatic rings. The SMILES string of the molecule is Cc1ccccc1NC(=O)c1c(N)sc2c1CCC2. The van der Waals surface area contributed by atoms with E-state index in [2.05, 4.69) is 5.32 Å². The van der Waals surface area contributed by atoms with Crippen molar-refractivity contribution in [2.45, 2.75) is 26.2 Å². The van der Waals surface area contributed by atoms with Crippen molar-refractivity contribution in [3.05, 3.63) is 45.8 Å². The molecule has 3 nitrogen and oxygen atoms in total. The van der Waals surface area contributed by atoms with E-state index in [1.807, 2.05) is 31.2 Å². The van der Waals surface area contributed by atoms with E-state index in [1.165, 1.54) is 4.88 Å². The number of amides is 1. The number of hydrogen-bond acceptors (Lipinski definition) is 3. The highest BCUT2D eigenvalue weighted by Crippen LogP contribution is 2.37. The number of carbonyl (C=O) groups is 1. The van der Waals surface area contributed by atoms with Gasteiger partial charge in [-0.05, 0) is 43.4 Å². The average Bonchev–Trinajstić information content (AvgIpc) is 2.91. The van der Waals surface area contributed by atoms with Gasteiger partial charge in [-0.3, -0.25) is 4.79 Å². The molecule has 1 aromatic carbocycles. The molecule has 19 heavy (non-hydrogen) atoms. The lowest BCUT2D eigenvalue weighted by Gasteiger charge is -2.09. The first-order chi connectivity index (χ1) is 9.16. The number of thiophene rings is 1. The summed E-state index contributed by atoms with van der Waals surface area (Å²) in [6.07, 6.45) is 3.16. The van der Waals surface area contributed by atoms with E-state index in [-0.39, 0.29) is 5.91 Å². The Morgan fingerprint density at radius 3 is 2.89 bits per heavy atom.